The van der Waals surface area contributed by atoms with E-state index in [1.165, 1.54) is 12.1 Å². The molecule has 0 saturated heterocycles. The van der Waals surface area contributed by atoms with Gasteiger partial charge >= 0.3 is 0 Å². The first-order valence-corrected chi connectivity index (χ1v) is 8.67. The summed E-state index contributed by atoms with van der Waals surface area (Å²) in [6, 6.07) is 5.96. The molecule has 1 atom stereocenters. The number of aliphatic imine (C=N–C) groups is 1. The number of guanidine groups is 1. The lowest BCUT2D eigenvalue weighted by molar-refractivity contribution is 0.223. The number of hydrogen-bond acceptors (Lipinski definition) is 5. The molecule has 7 nitrogen and oxygen atoms in total. The number of hydrogen-bond donors (Lipinski definition) is 2. The van der Waals surface area contributed by atoms with Crippen LogP contribution < -0.4 is 15.4 Å². The average Bonchev–Trinajstić information content (AvgIpc) is 3.09. The maximum Gasteiger partial charge on any atom is 0.228 e. The third kappa shape index (κ3) is 6.34. The maximum absolute atomic E-state index is 12.9. The number of benzene rings is 1. The van der Waals surface area contributed by atoms with Crippen molar-refractivity contribution in [2.45, 2.75) is 39.2 Å². The first kappa shape index (κ1) is 19.7. The summed E-state index contributed by atoms with van der Waals surface area (Å²) in [5.74, 6) is 2.56. The number of nitrogens with zero attached hydrogens (tertiary/aromatic N) is 3. The minimum atomic E-state index is -0.283. The predicted octanol–water partition coefficient (Wildman–Crippen LogP) is 2.51. The summed E-state index contributed by atoms with van der Waals surface area (Å²) in [5.41, 5.74) is 0. The highest BCUT2D eigenvalue weighted by atomic mass is 19.1. The first-order chi connectivity index (χ1) is 12.5. The van der Waals surface area contributed by atoms with Crippen molar-refractivity contribution in [2.75, 3.05) is 20.1 Å². The number of nitrogens with one attached hydrogen (secondary N) is 2. The topological polar surface area (TPSA) is 84.6 Å². The Kier molecular flexibility index (Phi) is 7.37. The highest BCUT2D eigenvalue weighted by Gasteiger charge is 2.10. The fourth-order valence-electron chi connectivity index (χ4n) is 2.14. The molecule has 142 valence electrons. The van der Waals surface area contributed by atoms with Crippen molar-refractivity contribution in [1.82, 2.24) is 20.8 Å². The van der Waals surface area contributed by atoms with Gasteiger partial charge in [0.05, 0.1) is 6.54 Å². The van der Waals surface area contributed by atoms with Gasteiger partial charge in [0.1, 0.15) is 17.7 Å². The van der Waals surface area contributed by atoms with Gasteiger partial charge in [-0.1, -0.05) is 19.0 Å². The van der Waals surface area contributed by atoms with Gasteiger partial charge in [-0.25, -0.2) is 4.39 Å². The van der Waals surface area contributed by atoms with E-state index in [2.05, 4.69) is 25.8 Å². The van der Waals surface area contributed by atoms with Gasteiger partial charge in [-0.2, -0.15) is 4.98 Å². The fourth-order valence-corrected chi connectivity index (χ4v) is 2.14. The molecule has 1 heterocycles. The van der Waals surface area contributed by atoms with Gasteiger partial charge in [-0.3, -0.25) is 4.99 Å². The van der Waals surface area contributed by atoms with Crippen molar-refractivity contribution < 1.29 is 13.7 Å². The lowest BCUT2D eigenvalue weighted by Crippen LogP contribution is -2.42. The fraction of sp³-hybridized carbons (Fsp3) is 0.500. The molecule has 0 radical (unpaired) electrons. The van der Waals surface area contributed by atoms with Crippen molar-refractivity contribution in [1.29, 1.82) is 0 Å². The maximum atomic E-state index is 12.9. The van der Waals surface area contributed by atoms with Crippen LogP contribution in [0.5, 0.6) is 5.75 Å². The smallest absolute Gasteiger partial charge is 0.228 e. The van der Waals surface area contributed by atoms with Crippen molar-refractivity contribution in [3.63, 3.8) is 0 Å². The van der Waals surface area contributed by atoms with E-state index >= 15 is 0 Å². The van der Waals surface area contributed by atoms with Crippen molar-refractivity contribution >= 4 is 5.96 Å². The molecule has 2 N–H and O–H groups in total. The Morgan fingerprint density at radius 2 is 1.96 bits per heavy atom. The summed E-state index contributed by atoms with van der Waals surface area (Å²) in [7, 11) is 1.70. The molecule has 0 saturated carbocycles. The molecule has 0 aliphatic carbocycles. The van der Waals surface area contributed by atoms with Gasteiger partial charge in [0.2, 0.25) is 5.89 Å². The molecule has 0 aliphatic heterocycles. The van der Waals surface area contributed by atoms with E-state index in [-0.39, 0.29) is 17.8 Å². The molecule has 2 aromatic rings. The molecular formula is C18H26FN5O2. The number of ether oxygens (including phenoxy) is 1. The van der Waals surface area contributed by atoms with Crippen LogP contribution in [0.15, 0.2) is 33.8 Å². The molecule has 1 unspecified atom stereocenters. The zero-order chi connectivity index (χ0) is 18.9. The van der Waals surface area contributed by atoms with Crippen LogP contribution in [0.3, 0.4) is 0 Å². The summed E-state index contributed by atoms with van der Waals surface area (Å²) in [5, 5.41) is 10.3. The Balaban J connectivity index is 1.70. The molecule has 0 bridgehead atoms. The Bertz CT molecular complexity index is 700. The van der Waals surface area contributed by atoms with E-state index in [9.17, 15) is 4.39 Å². The van der Waals surface area contributed by atoms with Gasteiger partial charge in [0.25, 0.3) is 0 Å². The van der Waals surface area contributed by atoms with Crippen LogP contribution in [0.1, 0.15) is 38.4 Å². The number of aromatic nitrogens is 2. The molecule has 0 fully saturated rings. The summed E-state index contributed by atoms with van der Waals surface area (Å²) in [4.78, 5) is 8.50. The predicted molar refractivity (Wildman–Crippen MR) is 97.9 cm³/mol. The first-order valence-electron chi connectivity index (χ1n) is 8.67. The van der Waals surface area contributed by atoms with E-state index in [1.807, 2.05) is 20.8 Å². The summed E-state index contributed by atoms with van der Waals surface area (Å²) >= 11 is 0. The standard InChI is InChI=1S/C18H26FN5O2/c1-12(2)17-23-16(26-24-17)9-10-21-18(20-4)22-11-13(3)25-15-7-5-14(19)6-8-15/h5-8,12-13H,9-11H2,1-4H3,(H2,20,21,22). The summed E-state index contributed by atoms with van der Waals surface area (Å²) in [6.07, 6.45) is 0.505. The van der Waals surface area contributed by atoms with Crippen molar-refractivity contribution in [3.05, 3.63) is 41.8 Å². The Hall–Kier alpha value is -2.64. The lowest BCUT2D eigenvalue weighted by atomic mass is 10.2. The third-order valence-corrected chi connectivity index (χ3v) is 3.56. The van der Waals surface area contributed by atoms with Gasteiger partial charge in [0, 0.05) is 25.9 Å². The zero-order valence-corrected chi connectivity index (χ0v) is 15.6. The van der Waals surface area contributed by atoms with Gasteiger partial charge in [0.15, 0.2) is 11.8 Å². The highest BCUT2D eigenvalue weighted by Crippen LogP contribution is 2.12. The van der Waals surface area contributed by atoms with Crippen LogP contribution in [-0.4, -0.2) is 42.3 Å². The Morgan fingerprint density at radius 3 is 2.58 bits per heavy atom. The molecule has 2 rings (SSSR count). The SMILES string of the molecule is CN=C(NCCc1nc(C(C)C)no1)NCC(C)Oc1ccc(F)cc1. The van der Waals surface area contributed by atoms with Gasteiger partial charge < -0.3 is 19.9 Å². The summed E-state index contributed by atoms with van der Waals surface area (Å²) in [6.45, 7) is 7.14. The normalized spacial score (nSPS) is 12.9. The molecule has 1 aromatic carbocycles. The van der Waals surface area contributed by atoms with Gasteiger partial charge in [-0.15, -0.1) is 0 Å². The molecule has 26 heavy (non-hydrogen) atoms. The quantitative estimate of drug-likeness (QED) is 0.554. The van der Waals surface area contributed by atoms with Crippen LogP contribution in [0, 0.1) is 5.82 Å². The summed E-state index contributed by atoms with van der Waals surface area (Å²) < 4.78 is 23.8. The minimum absolute atomic E-state index is 0.108. The average molecular weight is 363 g/mol. The Morgan fingerprint density at radius 1 is 1.23 bits per heavy atom. The molecule has 0 amide bonds. The minimum Gasteiger partial charge on any atom is -0.489 e. The molecule has 0 spiro atoms. The third-order valence-electron chi connectivity index (χ3n) is 3.56. The molecule has 1 aromatic heterocycles. The zero-order valence-electron chi connectivity index (χ0n) is 15.6. The van der Waals surface area contributed by atoms with E-state index in [4.69, 9.17) is 9.26 Å². The molecule has 8 heteroatoms. The Labute approximate surface area is 153 Å². The van der Waals surface area contributed by atoms with Crippen LogP contribution in [0.25, 0.3) is 0 Å². The largest absolute Gasteiger partial charge is 0.489 e. The van der Waals surface area contributed by atoms with Crippen LogP contribution in [-0.2, 0) is 6.42 Å². The highest BCUT2D eigenvalue weighted by molar-refractivity contribution is 5.79. The van der Waals surface area contributed by atoms with Crippen LogP contribution >= 0.6 is 0 Å². The lowest BCUT2D eigenvalue weighted by Gasteiger charge is -2.17. The second kappa shape index (κ2) is 9.74. The second-order valence-corrected chi connectivity index (χ2v) is 6.21. The second-order valence-electron chi connectivity index (χ2n) is 6.21. The van der Waals surface area contributed by atoms with E-state index in [0.29, 0.717) is 42.9 Å². The van der Waals surface area contributed by atoms with Crippen LogP contribution in [0.4, 0.5) is 4.39 Å². The number of rotatable bonds is 8. The van der Waals surface area contributed by atoms with Crippen molar-refractivity contribution in [2.24, 2.45) is 4.99 Å². The van der Waals surface area contributed by atoms with E-state index in [1.54, 1.807) is 19.2 Å². The van der Waals surface area contributed by atoms with E-state index in [0.717, 1.165) is 0 Å². The van der Waals surface area contributed by atoms with Crippen molar-refractivity contribution in [3.8, 4) is 5.75 Å². The van der Waals surface area contributed by atoms with E-state index < -0.39 is 0 Å². The molecule has 0 aliphatic rings. The molecular weight excluding hydrogens is 337 g/mol. The monoisotopic (exact) mass is 363 g/mol. The van der Waals surface area contributed by atoms with Crippen LogP contribution in [0.2, 0.25) is 0 Å². The number of halogens is 1. The van der Waals surface area contributed by atoms with Gasteiger partial charge in [-0.05, 0) is 31.2 Å².